The Bertz CT molecular complexity index is 1460. The third-order valence-electron chi connectivity index (χ3n) is 5.70. The number of aromatic carboxylic acids is 1. The van der Waals surface area contributed by atoms with E-state index < -0.39 is 12.0 Å². The fourth-order valence-corrected chi connectivity index (χ4v) is 4.30. The van der Waals surface area contributed by atoms with E-state index in [2.05, 4.69) is 20.8 Å². The lowest BCUT2D eigenvalue weighted by atomic mass is 10.0. The van der Waals surface area contributed by atoms with Crippen molar-refractivity contribution in [2.45, 2.75) is 18.9 Å². The number of rotatable bonds is 5. The highest BCUT2D eigenvalue weighted by Crippen LogP contribution is 2.32. The fourth-order valence-electron chi connectivity index (χ4n) is 4.13. The van der Waals surface area contributed by atoms with Gasteiger partial charge in [-0.3, -0.25) is 9.59 Å². The smallest absolute Gasteiger partial charge is 0.335 e. The molecule has 11 heteroatoms. The van der Waals surface area contributed by atoms with Crippen LogP contribution in [0.2, 0.25) is 5.02 Å². The van der Waals surface area contributed by atoms with Crippen molar-refractivity contribution in [1.29, 1.82) is 0 Å². The van der Waals surface area contributed by atoms with Crippen LogP contribution in [0.25, 0.3) is 16.8 Å². The van der Waals surface area contributed by atoms with Gasteiger partial charge in [-0.25, -0.2) is 4.79 Å². The fraction of sp³-hybridized carbons (Fsp3) is 0.130. The van der Waals surface area contributed by atoms with E-state index in [0.29, 0.717) is 40.4 Å². The molecule has 5 rings (SSSR count). The van der Waals surface area contributed by atoms with Gasteiger partial charge in [-0.05, 0) is 77.4 Å². The topological polar surface area (TPSA) is 132 Å². The zero-order valence-electron chi connectivity index (χ0n) is 17.6. The highest BCUT2D eigenvalue weighted by Gasteiger charge is 2.30. The number of halogens is 1. The minimum atomic E-state index is -1.05. The van der Waals surface area contributed by atoms with Crippen molar-refractivity contribution >= 4 is 29.2 Å². The lowest BCUT2D eigenvalue weighted by Gasteiger charge is -2.16. The second-order valence-corrected chi connectivity index (χ2v) is 8.22. The van der Waals surface area contributed by atoms with E-state index in [4.69, 9.17) is 16.7 Å². The normalized spacial score (nSPS) is 14.6. The number of nitrogens with one attached hydrogen (secondary N) is 1. The van der Waals surface area contributed by atoms with Crippen molar-refractivity contribution in [3.63, 3.8) is 0 Å². The lowest BCUT2D eigenvalue weighted by molar-refractivity contribution is -0.119. The number of aryl methyl sites for hydroxylation is 1. The number of hydrogen-bond acceptors (Lipinski definition) is 6. The maximum Gasteiger partial charge on any atom is 0.335 e. The molecule has 0 radical (unpaired) electrons. The number of carboxylic acid groups (broad SMARTS) is 1. The average molecular weight is 477 g/mol. The first-order valence-corrected chi connectivity index (χ1v) is 10.7. The Morgan fingerprint density at radius 2 is 1.88 bits per heavy atom. The number of aromatic nitrogens is 5. The Kier molecular flexibility index (Phi) is 5.42. The zero-order valence-corrected chi connectivity index (χ0v) is 18.3. The number of carboxylic acids is 1. The Hall–Kier alpha value is -4.31. The maximum absolute atomic E-state index is 13.1. The zero-order chi connectivity index (χ0) is 23.8. The highest BCUT2D eigenvalue weighted by atomic mass is 35.5. The van der Waals surface area contributed by atoms with E-state index in [9.17, 15) is 14.4 Å². The van der Waals surface area contributed by atoms with E-state index in [0.717, 1.165) is 5.69 Å². The van der Waals surface area contributed by atoms with Crippen molar-refractivity contribution in [2.75, 3.05) is 5.32 Å². The summed E-state index contributed by atoms with van der Waals surface area (Å²) >= 11 is 6.22. The molecular formula is C23H17ClN6O4. The molecule has 0 spiro atoms. The molecule has 3 heterocycles. The number of hydrogen-bond donors (Lipinski definition) is 2. The standard InChI is InChI=1S/C23H17ClN6O4/c24-15-3-7-19(29-12-25-27-28-29)18(11-15)14-9-17-6-8-20(30(17)21(31)10-14)22(32)26-16-4-1-13(2-5-16)23(33)34/h1-5,7,9-12,20H,6,8H2,(H,26,32)(H,33,34). The van der Waals surface area contributed by atoms with Gasteiger partial charge in [0, 0.05) is 28.0 Å². The van der Waals surface area contributed by atoms with E-state index >= 15 is 0 Å². The number of pyridine rings is 1. The number of fused-ring (bicyclic) bond motifs is 1. The molecule has 0 saturated carbocycles. The third-order valence-corrected chi connectivity index (χ3v) is 5.94. The molecule has 2 aromatic carbocycles. The average Bonchev–Trinajstić information content (AvgIpc) is 3.50. The summed E-state index contributed by atoms with van der Waals surface area (Å²) in [7, 11) is 0. The van der Waals surface area contributed by atoms with Gasteiger partial charge in [-0.15, -0.1) is 5.10 Å². The van der Waals surface area contributed by atoms with Crippen molar-refractivity contribution in [3.8, 4) is 16.8 Å². The van der Waals surface area contributed by atoms with E-state index in [1.54, 1.807) is 18.2 Å². The first kappa shape index (κ1) is 21.5. The number of carbonyl (C=O) groups is 2. The molecule has 0 aliphatic carbocycles. The van der Waals surface area contributed by atoms with Gasteiger partial charge in [0.05, 0.1) is 11.3 Å². The van der Waals surface area contributed by atoms with Gasteiger partial charge in [0.2, 0.25) is 5.91 Å². The van der Waals surface area contributed by atoms with Gasteiger partial charge >= 0.3 is 5.97 Å². The molecule has 1 amide bonds. The van der Waals surface area contributed by atoms with Crippen LogP contribution in [0, 0.1) is 0 Å². The van der Waals surface area contributed by atoms with E-state index in [-0.39, 0.29) is 17.0 Å². The lowest BCUT2D eigenvalue weighted by Crippen LogP contribution is -2.31. The Labute approximate surface area is 197 Å². The van der Waals surface area contributed by atoms with Crippen LogP contribution < -0.4 is 10.9 Å². The second kappa shape index (κ2) is 8.56. The van der Waals surface area contributed by atoms with Crippen molar-refractivity contribution in [2.24, 2.45) is 0 Å². The van der Waals surface area contributed by atoms with Crippen LogP contribution in [0.15, 0.2) is 65.7 Å². The number of carbonyl (C=O) groups excluding carboxylic acids is 1. The quantitative estimate of drug-likeness (QED) is 0.452. The second-order valence-electron chi connectivity index (χ2n) is 7.79. The van der Waals surface area contributed by atoms with Crippen LogP contribution in [0.4, 0.5) is 5.69 Å². The van der Waals surface area contributed by atoms with Crippen LogP contribution >= 0.6 is 11.6 Å². The molecule has 1 unspecified atom stereocenters. The van der Waals surface area contributed by atoms with Gasteiger partial charge in [0.15, 0.2) is 0 Å². The van der Waals surface area contributed by atoms with Crippen molar-refractivity contribution in [3.05, 3.63) is 87.6 Å². The van der Waals surface area contributed by atoms with Crippen molar-refractivity contribution < 1.29 is 14.7 Å². The molecule has 170 valence electrons. The maximum atomic E-state index is 13.1. The van der Waals surface area contributed by atoms with Gasteiger partial charge in [0.1, 0.15) is 12.4 Å². The molecule has 10 nitrogen and oxygen atoms in total. The van der Waals surface area contributed by atoms with E-state index in [1.807, 2.05) is 6.07 Å². The molecule has 1 atom stereocenters. The van der Waals surface area contributed by atoms with E-state index in [1.165, 1.54) is 45.9 Å². The first-order chi connectivity index (χ1) is 16.4. The van der Waals surface area contributed by atoms with Gasteiger partial charge < -0.3 is 15.0 Å². The number of amides is 1. The molecule has 1 aliphatic rings. The van der Waals surface area contributed by atoms with Crippen molar-refractivity contribution in [1.82, 2.24) is 24.8 Å². The summed E-state index contributed by atoms with van der Waals surface area (Å²) in [6.07, 6.45) is 2.46. The molecule has 2 aromatic heterocycles. The summed E-state index contributed by atoms with van der Waals surface area (Å²) in [4.78, 5) is 37.1. The number of tetrazole rings is 1. The minimum absolute atomic E-state index is 0.120. The minimum Gasteiger partial charge on any atom is -0.478 e. The summed E-state index contributed by atoms with van der Waals surface area (Å²) in [5, 5.41) is 23.5. The summed E-state index contributed by atoms with van der Waals surface area (Å²) < 4.78 is 2.98. The number of anilines is 1. The van der Waals surface area contributed by atoms with Crippen LogP contribution in [0.1, 0.15) is 28.5 Å². The van der Waals surface area contributed by atoms with Gasteiger partial charge in [-0.1, -0.05) is 11.6 Å². The number of benzene rings is 2. The Morgan fingerprint density at radius 1 is 1.09 bits per heavy atom. The third kappa shape index (κ3) is 3.95. The molecule has 0 saturated heterocycles. The number of nitrogens with zero attached hydrogens (tertiary/aromatic N) is 5. The van der Waals surface area contributed by atoms with Crippen LogP contribution in [0.5, 0.6) is 0 Å². The molecule has 4 aromatic rings. The molecular weight excluding hydrogens is 460 g/mol. The predicted octanol–water partition coefficient (Wildman–Crippen LogP) is 2.97. The summed E-state index contributed by atoms with van der Waals surface area (Å²) in [6.45, 7) is 0. The molecule has 0 fully saturated rings. The largest absolute Gasteiger partial charge is 0.478 e. The van der Waals surface area contributed by atoms with Gasteiger partial charge in [-0.2, -0.15) is 4.68 Å². The Balaban J connectivity index is 1.46. The van der Waals surface area contributed by atoms with Gasteiger partial charge in [0.25, 0.3) is 5.56 Å². The summed E-state index contributed by atoms with van der Waals surface area (Å²) in [5.41, 5.74) is 2.99. The molecule has 1 aliphatic heterocycles. The van der Waals surface area contributed by atoms with Crippen LogP contribution in [-0.4, -0.2) is 41.8 Å². The summed E-state index contributed by atoms with van der Waals surface area (Å²) in [5.74, 6) is -1.39. The molecule has 0 bridgehead atoms. The molecule has 34 heavy (non-hydrogen) atoms. The SMILES string of the molecule is O=C(O)c1ccc(NC(=O)C2CCc3cc(-c4cc(Cl)ccc4-n4cnnn4)cc(=O)n32)cc1. The monoisotopic (exact) mass is 476 g/mol. The predicted molar refractivity (Wildman–Crippen MR) is 123 cm³/mol. The highest BCUT2D eigenvalue weighted by molar-refractivity contribution is 6.31. The first-order valence-electron chi connectivity index (χ1n) is 10.3. The molecule has 2 N–H and O–H groups in total. The van der Waals surface area contributed by atoms with Crippen LogP contribution in [-0.2, 0) is 11.2 Å². The summed E-state index contributed by atoms with van der Waals surface area (Å²) in [6, 6.07) is 13.7. The Morgan fingerprint density at radius 3 is 2.59 bits per heavy atom. The van der Waals surface area contributed by atoms with Crippen LogP contribution in [0.3, 0.4) is 0 Å².